The minimum absolute atomic E-state index is 0.101. The van der Waals surface area contributed by atoms with E-state index >= 15 is 0 Å². The van der Waals surface area contributed by atoms with E-state index in [1.807, 2.05) is 30.3 Å². The average Bonchev–Trinajstić information content (AvgIpc) is 2.67. The van der Waals surface area contributed by atoms with Crippen LogP contribution in [-0.2, 0) is 0 Å². The van der Waals surface area contributed by atoms with Gasteiger partial charge in [-0.15, -0.1) is 0 Å². The van der Waals surface area contributed by atoms with Crippen LogP contribution in [0.2, 0.25) is 0 Å². The number of nitrogens with one attached hydrogen (secondary N) is 1. The Morgan fingerprint density at radius 3 is 2.08 bits per heavy atom. The fourth-order valence-electron chi connectivity index (χ4n) is 2.96. The lowest BCUT2D eigenvalue weighted by Gasteiger charge is -2.20. The highest BCUT2D eigenvalue weighted by molar-refractivity contribution is 7.80. The average molecular weight is 359 g/mol. The van der Waals surface area contributed by atoms with Crippen LogP contribution in [0.1, 0.15) is 31.8 Å². The van der Waals surface area contributed by atoms with E-state index in [0.29, 0.717) is 16.7 Å². The van der Waals surface area contributed by atoms with Gasteiger partial charge < -0.3 is 10.1 Å². The van der Waals surface area contributed by atoms with Crippen molar-refractivity contribution in [1.29, 1.82) is 0 Å². The van der Waals surface area contributed by atoms with Crippen LogP contribution < -0.4 is 10.1 Å². The highest BCUT2D eigenvalue weighted by Crippen LogP contribution is 2.33. The van der Waals surface area contributed by atoms with E-state index in [1.54, 1.807) is 42.5 Å². The molecule has 0 atom stereocenters. The molecule has 4 rings (SSSR count). The Labute approximate surface area is 155 Å². The molecule has 0 saturated carbocycles. The maximum atomic E-state index is 12.9. The van der Waals surface area contributed by atoms with Crippen LogP contribution in [0.3, 0.4) is 0 Å². The molecule has 126 valence electrons. The molecule has 3 aromatic carbocycles. The molecule has 0 fully saturated rings. The summed E-state index contributed by atoms with van der Waals surface area (Å²) in [7, 11) is 0. The van der Waals surface area contributed by atoms with Crippen LogP contribution in [0.4, 0.5) is 5.69 Å². The zero-order chi connectivity index (χ0) is 18.1. The summed E-state index contributed by atoms with van der Waals surface area (Å²) in [6.07, 6.45) is 0. The number of carbonyl (C=O) groups is 2. The summed E-state index contributed by atoms with van der Waals surface area (Å²) in [4.78, 5) is 25.6. The van der Waals surface area contributed by atoms with E-state index < -0.39 is 0 Å². The second kappa shape index (κ2) is 6.54. The van der Waals surface area contributed by atoms with Crippen LogP contribution in [-0.4, -0.2) is 16.7 Å². The third kappa shape index (κ3) is 2.78. The van der Waals surface area contributed by atoms with Crippen LogP contribution in [0, 0.1) is 0 Å². The van der Waals surface area contributed by atoms with E-state index in [4.69, 9.17) is 17.0 Å². The molecule has 0 spiro atoms. The zero-order valence-electron chi connectivity index (χ0n) is 13.6. The van der Waals surface area contributed by atoms with Crippen molar-refractivity contribution >= 4 is 34.6 Å². The van der Waals surface area contributed by atoms with Crippen molar-refractivity contribution in [2.45, 2.75) is 0 Å². The fraction of sp³-hybridized carbons (Fsp3) is 0. The summed E-state index contributed by atoms with van der Waals surface area (Å²) in [6.45, 7) is 0. The van der Waals surface area contributed by atoms with Gasteiger partial charge in [0.05, 0.1) is 5.56 Å². The number of rotatable bonds is 2. The Balaban J connectivity index is 1.69. The number of carbonyl (C=O) groups excluding carboxylic acids is 2. The first-order valence-corrected chi connectivity index (χ1v) is 8.41. The number of hydrogen-bond donors (Lipinski definition) is 1. The number of ether oxygens (including phenoxy) is 1. The molecule has 1 aliphatic rings. The second-order valence-corrected chi connectivity index (χ2v) is 6.13. The molecular formula is C21H13NO3S. The number of ketones is 2. The van der Waals surface area contributed by atoms with Gasteiger partial charge in [0.25, 0.3) is 5.17 Å². The Morgan fingerprint density at radius 2 is 1.35 bits per heavy atom. The summed E-state index contributed by atoms with van der Waals surface area (Å²) in [5.41, 5.74) is 2.13. The van der Waals surface area contributed by atoms with Gasteiger partial charge in [-0.1, -0.05) is 54.6 Å². The summed E-state index contributed by atoms with van der Waals surface area (Å²) in [5, 5.41) is 3.06. The predicted molar refractivity (Wildman–Crippen MR) is 103 cm³/mol. The van der Waals surface area contributed by atoms with Crippen molar-refractivity contribution in [2.24, 2.45) is 0 Å². The second-order valence-electron chi connectivity index (χ2n) is 5.76. The maximum Gasteiger partial charge on any atom is 0.266 e. The molecule has 0 aliphatic heterocycles. The first-order chi connectivity index (χ1) is 12.6. The van der Waals surface area contributed by atoms with E-state index in [2.05, 4.69) is 5.32 Å². The molecule has 0 heterocycles. The molecule has 26 heavy (non-hydrogen) atoms. The van der Waals surface area contributed by atoms with Gasteiger partial charge in [-0.05, 0) is 30.4 Å². The van der Waals surface area contributed by atoms with E-state index in [1.165, 1.54) is 0 Å². The van der Waals surface area contributed by atoms with E-state index in [9.17, 15) is 9.59 Å². The molecular weight excluding hydrogens is 346 g/mol. The first kappa shape index (κ1) is 16.2. The number of benzene rings is 3. The number of fused-ring (bicyclic) bond motifs is 2. The monoisotopic (exact) mass is 359 g/mol. The summed E-state index contributed by atoms with van der Waals surface area (Å²) in [5.74, 6) is -0.167. The normalized spacial score (nSPS) is 12.2. The molecule has 3 aromatic rings. The highest BCUT2D eigenvalue weighted by atomic mass is 32.1. The van der Waals surface area contributed by atoms with Gasteiger partial charge >= 0.3 is 0 Å². The smallest absolute Gasteiger partial charge is 0.266 e. The standard InChI is InChI=1S/C21H13NO3S/c23-19-14-9-4-5-10-15(14)20(24)18-16(19)11-6-12-17(18)25-21(26)22-13-7-2-1-3-8-13/h1-12H,(H,22,26). The summed E-state index contributed by atoms with van der Waals surface area (Å²) >= 11 is 5.24. The quantitative estimate of drug-likeness (QED) is 0.543. The fourth-order valence-corrected chi connectivity index (χ4v) is 3.17. The predicted octanol–water partition coefficient (Wildman–Crippen LogP) is 4.24. The topological polar surface area (TPSA) is 55.4 Å². The number of hydrogen-bond acceptors (Lipinski definition) is 4. The lowest BCUT2D eigenvalue weighted by Crippen LogP contribution is -2.24. The lowest BCUT2D eigenvalue weighted by atomic mass is 9.84. The maximum absolute atomic E-state index is 12.9. The zero-order valence-corrected chi connectivity index (χ0v) is 14.4. The van der Waals surface area contributed by atoms with Crippen molar-refractivity contribution in [3.8, 4) is 5.75 Å². The van der Waals surface area contributed by atoms with Gasteiger partial charge in [0, 0.05) is 22.4 Å². The molecule has 5 heteroatoms. The van der Waals surface area contributed by atoms with Crippen LogP contribution in [0.5, 0.6) is 5.75 Å². The van der Waals surface area contributed by atoms with Gasteiger partial charge in [0.2, 0.25) is 0 Å². The molecule has 1 aliphatic carbocycles. The highest BCUT2D eigenvalue weighted by Gasteiger charge is 2.32. The molecule has 0 saturated heterocycles. The van der Waals surface area contributed by atoms with Crippen molar-refractivity contribution in [1.82, 2.24) is 0 Å². The Bertz CT molecular complexity index is 1040. The molecule has 0 aromatic heterocycles. The van der Waals surface area contributed by atoms with Gasteiger partial charge in [-0.25, -0.2) is 0 Å². The van der Waals surface area contributed by atoms with Crippen LogP contribution in [0.25, 0.3) is 0 Å². The van der Waals surface area contributed by atoms with Crippen molar-refractivity contribution < 1.29 is 14.3 Å². The van der Waals surface area contributed by atoms with Crippen molar-refractivity contribution in [2.75, 3.05) is 5.32 Å². The van der Waals surface area contributed by atoms with Crippen LogP contribution in [0.15, 0.2) is 72.8 Å². The number of anilines is 1. The molecule has 0 radical (unpaired) electrons. The van der Waals surface area contributed by atoms with Crippen molar-refractivity contribution in [3.63, 3.8) is 0 Å². The van der Waals surface area contributed by atoms with Gasteiger partial charge in [0.15, 0.2) is 11.6 Å². The Hall–Kier alpha value is -3.31. The Morgan fingerprint density at radius 1 is 0.731 bits per heavy atom. The van der Waals surface area contributed by atoms with E-state index in [0.717, 1.165) is 5.69 Å². The summed E-state index contributed by atoms with van der Waals surface area (Å²) < 4.78 is 5.70. The number of para-hydroxylation sites is 1. The molecule has 0 bridgehead atoms. The molecule has 1 N–H and O–H groups in total. The third-order valence-electron chi connectivity index (χ3n) is 4.14. The lowest BCUT2D eigenvalue weighted by molar-refractivity contribution is 0.0977. The minimum atomic E-state index is -0.242. The van der Waals surface area contributed by atoms with Crippen molar-refractivity contribution in [3.05, 3.63) is 95.1 Å². The summed E-state index contributed by atoms with van der Waals surface area (Å²) in [6, 6.07) is 21.1. The van der Waals surface area contributed by atoms with E-state index in [-0.39, 0.29) is 28.1 Å². The van der Waals surface area contributed by atoms with Gasteiger partial charge in [-0.2, -0.15) is 0 Å². The molecule has 0 unspecified atom stereocenters. The molecule has 0 amide bonds. The first-order valence-electron chi connectivity index (χ1n) is 8.00. The minimum Gasteiger partial charge on any atom is -0.431 e. The largest absolute Gasteiger partial charge is 0.431 e. The van der Waals surface area contributed by atoms with Gasteiger partial charge in [0.1, 0.15) is 5.75 Å². The Kier molecular flexibility index (Phi) is 4.07. The SMILES string of the molecule is O=C1c2ccccc2C(=O)c2c(OC(=S)Nc3ccccc3)cccc21. The third-order valence-corrected chi connectivity index (χ3v) is 4.32. The van der Waals surface area contributed by atoms with Gasteiger partial charge in [-0.3, -0.25) is 9.59 Å². The number of thiocarbonyl (C=S) groups is 1. The van der Waals surface area contributed by atoms with Crippen LogP contribution >= 0.6 is 12.2 Å². The molecule has 4 nitrogen and oxygen atoms in total.